The quantitative estimate of drug-likeness (QED) is 0.722. The van der Waals surface area contributed by atoms with Crippen molar-refractivity contribution >= 4 is 53.4 Å². The second-order valence-electron chi connectivity index (χ2n) is 4.58. The molecule has 0 spiro atoms. The summed E-state index contributed by atoms with van der Waals surface area (Å²) in [5.74, 6) is 0.265. The molecule has 0 fully saturated rings. The molecule has 112 valence electrons. The number of hydrogen-bond donors (Lipinski definition) is 2. The van der Waals surface area contributed by atoms with Crippen LogP contribution in [0.4, 0.5) is 11.5 Å². The fourth-order valence-electron chi connectivity index (χ4n) is 1.95. The summed E-state index contributed by atoms with van der Waals surface area (Å²) in [4.78, 5) is 4.16. The molecule has 0 atom stereocenters. The maximum Gasteiger partial charge on any atom is 0.266 e. The van der Waals surface area contributed by atoms with Gasteiger partial charge >= 0.3 is 0 Å². The van der Waals surface area contributed by atoms with E-state index in [9.17, 15) is 8.42 Å². The Morgan fingerprint density at radius 2 is 1.81 bits per heavy atom. The first-order valence-corrected chi connectivity index (χ1v) is 8.98. The number of nitrogen functional groups attached to an aromatic ring is 1. The SMILES string of the molecule is Cc1cc(C)nc(NS(=O)(=O)c2c(N)cc(Br)cc2Br)c1. The van der Waals surface area contributed by atoms with Crippen molar-refractivity contribution in [3.8, 4) is 0 Å². The molecule has 0 bridgehead atoms. The Morgan fingerprint density at radius 3 is 2.38 bits per heavy atom. The molecule has 2 aromatic rings. The lowest BCUT2D eigenvalue weighted by Gasteiger charge is -2.12. The van der Waals surface area contributed by atoms with Crippen LogP contribution in [-0.2, 0) is 10.0 Å². The van der Waals surface area contributed by atoms with Crippen LogP contribution >= 0.6 is 31.9 Å². The first-order chi connectivity index (χ1) is 9.69. The standard InChI is InChI=1S/C13H13Br2N3O2S/c1-7-3-8(2)17-12(4-7)18-21(19,20)13-10(15)5-9(14)6-11(13)16/h3-6H,16H2,1-2H3,(H,17,18). The lowest BCUT2D eigenvalue weighted by molar-refractivity contribution is 0.601. The Morgan fingerprint density at radius 1 is 1.14 bits per heavy atom. The molecule has 2 rings (SSSR count). The minimum atomic E-state index is -3.83. The molecular weight excluding hydrogens is 422 g/mol. The van der Waals surface area contributed by atoms with E-state index in [-0.39, 0.29) is 16.4 Å². The minimum absolute atomic E-state index is 0.00772. The van der Waals surface area contributed by atoms with Gasteiger partial charge in [0, 0.05) is 14.6 Å². The first-order valence-electron chi connectivity index (χ1n) is 5.91. The van der Waals surface area contributed by atoms with Gasteiger partial charge in [0.05, 0.1) is 5.69 Å². The predicted molar refractivity (Wildman–Crippen MR) is 90.8 cm³/mol. The van der Waals surface area contributed by atoms with E-state index in [1.54, 1.807) is 19.1 Å². The summed E-state index contributed by atoms with van der Waals surface area (Å²) in [5.41, 5.74) is 7.62. The Bertz CT molecular complexity index is 764. The largest absolute Gasteiger partial charge is 0.398 e. The highest BCUT2D eigenvalue weighted by Gasteiger charge is 2.22. The number of nitrogens with one attached hydrogen (secondary N) is 1. The van der Waals surface area contributed by atoms with Gasteiger partial charge in [0.15, 0.2) is 0 Å². The van der Waals surface area contributed by atoms with Crippen molar-refractivity contribution in [3.05, 3.63) is 44.5 Å². The molecule has 0 amide bonds. The Hall–Kier alpha value is -1.12. The maximum absolute atomic E-state index is 12.5. The molecule has 0 aliphatic heterocycles. The Balaban J connectivity index is 2.48. The fourth-order valence-corrected chi connectivity index (χ4v) is 5.01. The van der Waals surface area contributed by atoms with Gasteiger partial charge < -0.3 is 5.73 Å². The van der Waals surface area contributed by atoms with E-state index in [2.05, 4.69) is 41.6 Å². The molecule has 0 aliphatic carbocycles. The highest BCUT2D eigenvalue weighted by molar-refractivity contribution is 9.11. The summed E-state index contributed by atoms with van der Waals surface area (Å²) in [6, 6.07) is 6.68. The summed E-state index contributed by atoms with van der Waals surface area (Å²) in [6.45, 7) is 3.67. The summed E-state index contributed by atoms with van der Waals surface area (Å²) >= 11 is 6.49. The second kappa shape index (κ2) is 5.94. The van der Waals surface area contributed by atoms with Gasteiger partial charge in [-0.05, 0) is 59.6 Å². The summed E-state index contributed by atoms with van der Waals surface area (Å²) in [6.07, 6.45) is 0. The molecule has 0 saturated carbocycles. The van der Waals surface area contributed by atoms with Crippen LogP contribution in [0.5, 0.6) is 0 Å². The van der Waals surface area contributed by atoms with Crippen LogP contribution in [0.15, 0.2) is 38.1 Å². The van der Waals surface area contributed by atoms with Crippen molar-refractivity contribution in [1.29, 1.82) is 0 Å². The van der Waals surface area contributed by atoms with Crippen molar-refractivity contribution in [3.63, 3.8) is 0 Å². The number of hydrogen-bond acceptors (Lipinski definition) is 4. The van der Waals surface area contributed by atoms with Crippen LogP contribution in [0.25, 0.3) is 0 Å². The lowest BCUT2D eigenvalue weighted by Crippen LogP contribution is -2.16. The number of halogens is 2. The number of anilines is 2. The Kier molecular flexibility index (Phi) is 4.60. The van der Waals surface area contributed by atoms with Crippen LogP contribution in [0.2, 0.25) is 0 Å². The van der Waals surface area contributed by atoms with E-state index >= 15 is 0 Å². The zero-order valence-electron chi connectivity index (χ0n) is 11.3. The topological polar surface area (TPSA) is 85.1 Å². The molecule has 0 saturated heterocycles. The van der Waals surface area contributed by atoms with E-state index in [0.29, 0.717) is 8.95 Å². The van der Waals surface area contributed by atoms with E-state index in [1.165, 1.54) is 6.07 Å². The van der Waals surface area contributed by atoms with E-state index < -0.39 is 10.0 Å². The van der Waals surface area contributed by atoms with Crippen molar-refractivity contribution in [1.82, 2.24) is 4.98 Å². The van der Waals surface area contributed by atoms with Gasteiger partial charge in [0.1, 0.15) is 10.7 Å². The highest BCUT2D eigenvalue weighted by Crippen LogP contribution is 2.32. The number of rotatable bonds is 3. The fraction of sp³-hybridized carbons (Fsp3) is 0.154. The van der Waals surface area contributed by atoms with Gasteiger partial charge in [0.25, 0.3) is 10.0 Å². The highest BCUT2D eigenvalue weighted by atomic mass is 79.9. The van der Waals surface area contributed by atoms with Gasteiger partial charge in [-0.2, -0.15) is 0 Å². The number of pyridine rings is 1. The lowest BCUT2D eigenvalue weighted by atomic mass is 10.2. The van der Waals surface area contributed by atoms with Gasteiger partial charge in [-0.3, -0.25) is 4.72 Å². The molecule has 8 heteroatoms. The van der Waals surface area contributed by atoms with E-state index in [0.717, 1.165) is 11.3 Å². The van der Waals surface area contributed by atoms with Gasteiger partial charge in [-0.1, -0.05) is 15.9 Å². The number of nitrogens with zero attached hydrogens (tertiary/aromatic N) is 1. The maximum atomic E-state index is 12.5. The molecule has 0 radical (unpaired) electrons. The van der Waals surface area contributed by atoms with Crippen LogP contribution in [0.1, 0.15) is 11.3 Å². The van der Waals surface area contributed by atoms with Gasteiger partial charge in [-0.15, -0.1) is 0 Å². The number of sulfonamides is 1. The predicted octanol–water partition coefficient (Wildman–Crippen LogP) is 3.61. The van der Waals surface area contributed by atoms with Crippen molar-refractivity contribution in [2.75, 3.05) is 10.5 Å². The average molecular weight is 435 g/mol. The van der Waals surface area contributed by atoms with Crippen molar-refractivity contribution in [2.45, 2.75) is 18.7 Å². The number of aromatic nitrogens is 1. The van der Waals surface area contributed by atoms with Crippen LogP contribution in [0, 0.1) is 13.8 Å². The third-order valence-corrected chi connectivity index (χ3v) is 5.46. The molecule has 21 heavy (non-hydrogen) atoms. The first kappa shape index (κ1) is 16.3. The normalized spacial score (nSPS) is 11.4. The van der Waals surface area contributed by atoms with Crippen LogP contribution in [0.3, 0.4) is 0 Å². The molecule has 3 N–H and O–H groups in total. The summed E-state index contributed by atoms with van der Waals surface area (Å²) in [7, 11) is -3.83. The van der Waals surface area contributed by atoms with Crippen molar-refractivity contribution in [2.24, 2.45) is 0 Å². The number of benzene rings is 1. The van der Waals surface area contributed by atoms with Gasteiger partial charge in [0.2, 0.25) is 0 Å². The summed E-state index contributed by atoms with van der Waals surface area (Å²) in [5, 5.41) is 0. The zero-order valence-corrected chi connectivity index (χ0v) is 15.3. The van der Waals surface area contributed by atoms with E-state index in [4.69, 9.17) is 5.73 Å². The number of aryl methyl sites for hydroxylation is 2. The minimum Gasteiger partial charge on any atom is -0.398 e. The molecular formula is C13H13Br2N3O2S. The van der Waals surface area contributed by atoms with Crippen molar-refractivity contribution < 1.29 is 8.42 Å². The second-order valence-corrected chi connectivity index (χ2v) is 7.97. The van der Waals surface area contributed by atoms with Crippen LogP contribution < -0.4 is 10.5 Å². The number of nitrogens with two attached hydrogens (primary N) is 1. The monoisotopic (exact) mass is 433 g/mol. The molecule has 1 aromatic carbocycles. The average Bonchev–Trinajstić information content (AvgIpc) is 2.23. The van der Waals surface area contributed by atoms with Crippen LogP contribution in [-0.4, -0.2) is 13.4 Å². The zero-order chi connectivity index (χ0) is 15.8. The third-order valence-electron chi connectivity index (χ3n) is 2.64. The summed E-state index contributed by atoms with van der Waals surface area (Å²) < 4.78 is 28.5. The van der Waals surface area contributed by atoms with E-state index in [1.807, 2.05) is 13.0 Å². The Labute approximate surface area is 140 Å². The van der Waals surface area contributed by atoms with Gasteiger partial charge in [-0.25, -0.2) is 13.4 Å². The molecule has 1 aromatic heterocycles. The molecule has 1 heterocycles. The molecule has 5 nitrogen and oxygen atoms in total. The smallest absolute Gasteiger partial charge is 0.266 e. The molecule has 0 aliphatic rings. The third kappa shape index (κ3) is 3.75. The molecule has 0 unspecified atom stereocenters.